The second-order valence-corrected chi connectivity index (χ2v) is 6.72. The van der Waals surface area contributed by atoms with E-state index in [-0.39, 0.29) is 10.9 Å². The Balaban J connectivity index is 2.20. The van der Waals surface area contributed by atoms with E-state index in [2.05, 4.69) is 0 Å². The highest BCUT2D eigenvalue weighted by Gasteiger charge is 2.06. The molecule has 0 fully saturated rings. The molecular weight excluding hydrogens is 292 g/mol. The van der Waals surface area contributed by atoms with Crippen LogP contribution in [0.4, 0.5) is 0 Å². The Hall–Kier alpha value is -1.56. The van der Waals surface area contributed by atoms with Gasteiger partial charge >= 0.3 is 5.97 Å². The number of sulfone groups is 1. The number of ether oxygens (including phenoxy) is 2. The molecule has 0 saturated carbocycles. The summed E-state index contributed by atoms with van der Waals surface area (Å²) in [5.41, 5.74) is 0. The van der Waals surface area contributed by atoms with Crippen molar-refractivity contribution in [1.29, 1.82) is 0 Å². The first-order valence-electron chi connectivity index (χ1n) is 7.02. The smallest absolute Gasteiger partial charge is 0.305 e. The van der Waals surface area contributed by atoms with Crippen LogP contribution in [0.3, 0.4) is 0 Å². The first kappa shape index (κ1) is 17.5. The normalized spacial score (nSPS) is 11.1. The molecule has 5 nitrogen and oxygen atoms in total. The van der Waals surface area contributed by atoms with Crippen molar-refractivity contribution in [3.05, 3.63) is 24.3 Å². The zero-order valence-electron chi connectivity index (χ0n) is 12.5. The fraction of sp³-hybridized carbons (Fsp3) is 0.533. The lowest BCUT2D eigenvalue weighted by Gasteiger charge is -2.07. The summed E-state index contributed by atoms with van der Waals surface area (Å²) >= 11 is 0. The lowest BCUT2D eigenvalue weighted by Crippen LogP contribution is -2.04. The third-order valence-corrected chi connectivity index (χ3v) is 3.98. The van der Waals surface area contributed by atoms with Gasteiger partial charge in [0, 0.05) is 12.7 Å². The fourth-order valence-corrected chi connectivity index (χ4v) is 2.38. The molecule has 21 heavy (non-hydrogen) atoms. The van der Waals surface area contributed by atoms with Crippen molar-refractivity contribution in [3.8, 4) is 5.75 Å². The maximum absolute atomic E-state index is 11.3. The molecule has 118 valence electrons. The highest BCUT2D eigenvalue weighted by Crippen LogP contribution is 2.16. The number of unbranched alkanes of at least 4 members (excludes halogenated alkanes) is 2. The van der Waals surface area contributed by atoms with Gasteiger partial charge in [-0.2, -0.15) is 0 Å². The van der Waals surface area contributed by atoms with Crippen LogP contribution in [-0.2, 0) is 19.4 Å². The topological polar surface area (TPSA) is 69.7 Å². The Labute approximate surface area is 126 Å². The maximum Gasteiger partial charge on any atom is 0.305 e. The second-order valence-electron chi connectivity index (χ2n) is 4.71. The molecule has 0 saturated heterocycles. The van der Waals surface area contributed by atoms with E-state index in [1.54, 1.807) is 19.1 Å². The zero-order valence-corrected chi connectivity index (χ0v) is 13.3. The van der Waals surface area contributed by atoms with Gasteiger partial charge in [0.25, 0.3) is 0 Å². The van der Waals surface area contributed by atoms with Gasteiger partial charge in [0.15, 0.2) is 9.84 Å². The summed E-state index contributed by atoms with van der Waals surface area (Å²) in [6.07, 6.45) is 4.13. The Morgan fingerprint density at radius 2 is 1.76 bits per heavy atom. The SMILES string of the molecule is CCOC(=O)CCCCCOc1ccc(S(C)(=O)=O)cc1. The summed E-state index contributed by atoms with van der Waals surface area (Å²) in [6.45, 7) is 2.76. The number of carbonyl (C=O) groups is 1. The zero-order chi connectivity index (χ0) is 15.7. The predicted molar refractivity (Wildman–Crippen MR) is 80.1 cm³/mol. The minimum absolute atomic E-state index is 0.158. The molecule has 0 amide bonds. The van der Waals surface area contributed by atoms with Crippen LogP contribution < -0.4 is 4.74 Å². The van der Waals surface area contributed by atoms with Crippen LogP contribution in [-0.4, -0.2) is 33.9 Å². The minimum Gasteiger partial charge on any atom is -0.494 e. The van der Waals surface area contributed by atoms with Crippen molar-refractivity contribution in [3.63, 3.8) is 0 Å². The molecule has 0 bridgehead atoms. The van der Waals surface area contributed by atoms with E-state index in [1.807, 2.05) is 0 Å². The Morgan fingerprint density at radius 1 is 1.10 bits per heavy atom. The Bertz CT molecular complexity index is 534. The molecule has 0 heterocycles. The number of carbonyl (C=O) groups excluding carboxylic acids is 1. The maximum atomic E-state index is 11.3. The van der Waals surface area contributed by atoms with Crippen molar-refractivity contribution in [1.82, 2.24) is 0 Å². The van der Waals surface area contributed by atoms with Gasteiger partial charge in [-0.1, -0.05) is 0 Å². The molecule has 1 aromatic carbocycles. The third kappa shape index (κ3) is 7.13. The van der Waals surface area contributed by atoms with Crippen molar-refractivity contribution in [2.45, 2.75) is 37.5 Å². The third-order valence-electron chi connectivity index (χ3n) is 2.85. The number of hydrogen-bond acceptors (Lipinski definition) is 5. The first-order chi connectivity index (χ1) is 9.93. The van der Waals surface area contributed by atoms with E-state index >= 15 is 0 Å². The summed E-state index contributed by atoms with van der Waals surface area (Å²) in [5.74, 6) is 0.488. The van der Waals surface area contributed by atoms with E-state index in [9.17, 15) is 13.2 Å². The minimum atomic E-state index is -3.16. The van der Waals surface area contributed by atoms with Crippen molar-refractivity contribution >= 4 is 15.8 Å². The van der Waals surface area contributed by atoms with Gasteiger partial charge in [-0.25, -0.2) is 8.42 Å². The molecule has 1 rings (SSSR count). The molecule has 0 aromatic heterocycles. The molecule has 0 atom stereocenters. The van der Waals surface area contributed by atoms with Gasteiger partial charge < -0.3 is 9.47 Å². The van der Waals surface area contributed by atoms with Gasteiger partial charge in [-0.3, -0.25) is 4.79 Å². The largest absolute Gasteiger partial charge is 0.494 e. The molecule has 0 spiro atoms. The van der Waals surface area contributed by atoms with E-state index in [0.717, 1.165) is 19.3 Å². The van der Waals surface area contributed by atoms with E-state index in [1.165, 1.54) is 18.4 Å². The van der Waals surface area contributed by atoms with Gasteiger partial charge in [0.05, 0.1) is 18.1 Å². The molecule has 1 aromatic rings. The Morgan fingerprint density at radius 3 is 2.33 bits per heavy atom. The predicted octanol–water partition coefficient (Wildman–Crippen LogP) is 2.59. The summed E-state index contributed by atoms with van der Waals surface area (Å²) in [7, 11) is -3.16. The lowest BCUT2D eigenvalue weighted by molar-refractivity contribution is -0.143. The van der Waals surface area contributed by atoms with Crippen molar-refractivity contribution in [2.75, 3.05) is 19.5 Å². The average Bonchev–Trinajstić information content (AvgIpc) is 2.42. The van der Waals surface area contributed by atoms with Crippen molar-refractivity contribution < 1.29 is 22.7 Å². The molecule has 6 heteroatoms. The number of esters is 1. The molecule has 0 aliphatic carbocycles. The monoisotopic (exact) mass is 314 g/mol. The van der Waals surface area contributed by atoms with E-state index in [4.69, 9.17) is 9.47 Å². The lowest BCUT2D eigenvalue weighted by atomic mass is 10.2. The summed E-state index contributed by atoms with van der Waals surface area (Å²) in [6, 6.07) is 6.36. The van der Waals surface area contributed by atoms with E-state index < -0.39 is 9.84 Å². The Kier molecular flexibility index (Phi) is 7.22. The number of benzene rings is 1. The molecule has 0 N–H and O–H groups in total. The quantitative estimate of drug-likeness (QED) is 0.517. The van der Waals surface area contributed by atoms with Gasteiger partial charge in [-0.15, -0.1) is 0 Å². The summed E-state index contributed by atoms with van der Waals surface area (Å²) in [5, 5.41) is 0. The number of hydrogen-bond donors (Lipinski definition) is 0. The molecule has 0 aliphatic heterocycles. The molecular formula is C15H22O5S. The standard InChI is InChI=1S/C15H22O5S/c1-3-19-15(16)7-5-4-6-12-20-13-8-10-14(11-9-13)21(2,17)18/h8-11H,3-7,12H2,1-2H3. The highest BCUT2D eigenvalue weighted by molar-refractivity contribution is 7.90. The molecule has 0 aliphatic rings. The number of rotatable bonds is 9. The average molecular weight is 314 g/mol. The van der Waals surface area contributed by atoms with Gasteiger partial charge in [0.1, 0.15) is 5.75 Å². The van der Waals surface area contributed by atoms with E-state index in [0.29, 0.717) is 25.4 Å². The summed E-state index contributed by atoms with van der Waals surface area (Å²) in [4.78, 5) is 11.4. The van der Waals surface area contributed by atoms with Crippen LogP contribution in [0.1, 0.15) is 32.6 Å². The van der Waals surface area contributed by atoms with Gasteiger partial charge in [-0.05, 0) is 50.5 Å². The highest BCUT2D eigenvalue weighted by atomic mass is 32.2. The van der Waals surface area contributed by atoms with Crippen LogP contribution in [0, 0.1) is 0 Å². The van der Waals surface area contributed by atoms with Crippen LogP contribution in [0.5, 0.6) is 5.75 Å². The first-order valence-corrected chi connectivity index (χ1v) is 8.91. The van der Waals surface area contributed by atoms with Crippen LogP contribution in [0.25, 0.3) is 0 Å². The summed E-state index contributed by atoms with van der Waals surface area (Å²) < 4.78 is 33.0. The molecule has 0 unspecified atom stereocenters. The van der Waals surface area contributed by atoms with Crippen LogP contribution in [0.15, 0.2) is 29.2 Å². The second kappa shape index (κ2) is 8.67. The fourth-order valence-electron chi connectivity index (χ4n) is 1.75. The van der Waals surface area contributed by atoms with Crippen LogP contribution >= 0.6 is 0 Å². The van der Waals surface area contributed by atoms with Crippen LogP contribution in [0.2, 0.25) is 0 Å². The van der Waals surface area contributed by atoms with Crippen molar-refractivity contribution in [2.24, 2.45) is 0 Å². The van der Waals surface area contributed by atoms with Gasteiger partial charge in [0.2, 0.25) is 0 Å². The molecule has 0 radical (unpaired) electrons.